The predicted molar refractivity (Wildman–Crippen MR) is 27.5 cm³/mol. The normalized spacial score (nSPS) is 3.60. The molecule has 0 radical (unpaired) electrons. The van der Waals surface area contributed by atoms with E-state index in [1.165, 1.54) is 0 Å². The number of nitrogens with zero attached hydrogens (tertiary/aromatic N) is 3. The molecule has 0 aromatic heterocycles. The Balaban J connectivity index is -0.0000000257. The standard InChI is InChI=1S/3HNO2.Nb/c3*2-1-3;/h3*(H,2,3);/q;;;+3/p-3. The van der Waals surface area contributed by atoms with E-state index in [4.69, 9.17) is 30.3 Å². The molecule has 0 spiro atoms. The van der Waals surface area contributed by atoms with Gasteiger partial charge in [-0.05, 0) is 0 Å². The summed E-state index contributed by atoms with van der Waals surface area (Å²) in [7, 11) is 0. The van der Waals surface area contributed by atoms with E-state index < -0.39 is 0 Å². The summed E-state index contributed by atoms with van der Waals surface area (Å²) in [5.41, 5.74) is 0. The molecule has 0 saturated carbocycles. The molecule has 0 aliphatic rings. The average molecular weight is 231 g/mol. The maximum Gasteiger partial charge on any atom is 3.00 e. The predicted octanol–water partition coefficient (Wildman–Crippen LogP) is 0.749. The van der Waals surface area contributed by atoms with Crippen molar-refractivity contribution in [3.05, 3.63) is 30.3 Å². The van der Waals surface area contributed by atoms with E-state index in [0.717, 1.165) is 16.0 Å². The Morgan fingerprint density at radius 1 is 0.700 bits per heavy atom. The first kappa shape index (κ1) is 23.1. The summed E-state index contributed by atoms with van der Waals surface area (Å²) < 4.78 is 0. The molecule has 0 fully saturated rings. The second kappa shape index (κ2) is 102. The van der Waals surface area contributed by atoms with Gasteiger partial charge in [-0.3, -0.25) is 0 Å². The van der Waals surface area contributed by atoms with Crippen LogP contribution < -0.4 is 0 Å². The molecule has 0 aromatic carbocycles. The van der Waals surface area contributed by atoms with Gasteiger partial charge >= 0.3 is 22.4 Å². The van der Waals surface area contributed by atoms with Gasteiger partial charge in [-0.1, -0.05) is 0 Å². The van der Waals surface area contributed by atoms with Crippen molar-refractivity contribution in [2.75, 3.05) is 0 Å². The molecular formula is N3NbO6. The van der Waals surface area contributed by atoms with Gasteiger partial charge in [0.05, 0.1) is 0 Å². The molecule has 0 amide bonds. The quantitative estimate of drug-likeness (QED) is 0.339. The molecule has 56 valence electrons. The molecule has 0 heterocycles. The van der Waals surface area contributed by atoms with Crippen LogP contribution in [0, 0.1) is 30.3 Å². The molecule has 0 bridgehead atoms. The van der Waals surface area contributed by atoms with Crippen molar-refractivity contribution in [2.45, 2.75) is 0 Å². The Labute approximate surface area is 69.3 Å². The van der Waals surface area contributed by atoms with Gasteiger partial charge in [-0.2, -0.15) is 0 Å². The van der Waals surface area contributed by atoms with E-state index in [0.29, 0.717) is 0 Å². The van der Waals surface area contributed by atoms with Crippen LogP contribution >= 0.6 is 0 Å². The van der Waals surface area contributed by atoms with Gasteiger partial charge < -0.3 is 30.3 Å². The van der Waals surface area contributed by atoms with Crippen molar-refractivity contribution >= 4 is 0 Å². The molecule has 0 rings (SSSR count). The van der Waals surface area contributed by atoms with Crippen LogP contribution in [0.2, 0.25) is 0 Å². The number of hydrogen-bond donors (Lipinski definition) is 0. The average Bonchev–Trinajstić information content (AvgIpc) is 1.70. The van der Waals surface area contributed by atoms with Gasteiger partial charge in [0.25, 0.3) is 0 Å². The molecule has 0 atom stereocenters. The molecule has 0 unspecified atom stereocenters. The largest absolute Gasteiger partial charge is 3.00 e. The maximum atomic E-state index is 8.00. The van der Waals surface area contributed by atoms with Gasteiger partial charge in [0.2, 0.25) is 0 Å². The zero-order valence-electron chi connectivity index (χ0n) is 4.24. The van der Waals surface area contributed by atoms with Crippen LogP contribution in [0.4, 0.5) is 0 Å². The van der Waals surface area contributed by atoms with E-state index in [1.54, 1.807) is 0 Å². The molecule has 0 aromatic rings. The zero-order valence-corrected chi connectivity index (χ0v) is 6.44. The fourth-order valence-corrected chi connectivity index (χ4v) is 0. The van der Waals surface area contributed by atoms with Crippen molar-refractivity contribution in [1.29, 1.82) is 0 Å². The Morgan fingerprint density at radius 2 is 0.700 bits per heavy atom. The van der Waals surface area contributed by atoms with E-state index in [1.807, 2.05) is 0 Å². The first-order valence-corrected chi connectivity index (χ1v) is 1.10. The van der Waals surface area contributed by atoms with E-state index in [2.05, 4.69) is 0 Å². The minimum atomic E-state index is 0. The SMILES string of the molecule is O=N[O-].O=N[O-].O=N[O-].[Nb+3]. The van der Waals surface area contributed by atoms with E-state index in [9.17, 15) is 0 Å². The molecule has 0 aliphatic heterocycles. The fourth-order valence-electron chi connectivity index (χ4n) is 0. The Hall–Kier alpha value is -1.06. The van der Waals surface area contributed by atoms with Crippen LogP contribution in [0.15, 0.2) is 16.0 Å². The Bertz CT molecular complexity index is 49.7. The van der Waals surface area contributed by atoms with Crippen LogP contribution in [0.25, 0.3) is 0 Å². The Kier molecular flexibility index (Phi) is 235. The van der Waals surface area contributed by atoms with Crippen molar-refractivity contribution in [3.8, 4) is 0 Å². The maximum absolute atomic E-state index is 8.00. The smallest absolute Gasteiger partial charge is 0.444 e. The van der Waals surface area contributed by atoms with Gasteiger partial charge in [0.1, 0.15) is 0 Å². The summed E-state index contributed by atoms with van der Waals surface area (Å²) in [4.78, 5) is 24.0. The zero-order chi connectivity index (χ0) is 8.12. The molecule has 10 heavy (non-hydrogen) atoms. The fraction of sp³-hybridized carbons (Fsp3) is 0. The second-order valence-electron chi connectivity index (χ2n) is 0.224. The number of hydrogen-bond acceptors (Lipinski definition) is 9. The Morgan fingerprint density at radius 3 is 0.700 bits per heavy atom. The summed E-state index contributed by atoms with van der Waals surface area (Å²) in [6, 6.07) is 0. The van der Waals surface area contributed by atoms with Crippen LogP contribution in [0.1, 0.15) is 0 Å². The summed E-state index contributed by atoms with van der Waals surface area (Å²) in [6.07, 6.45) is 0. The molecule has 0 aliphatic carbocycles. The van der Waals surface area contributed by atoms with Crippen LogP contribution in [0.3, 0.4) is 0 Å². The van der Waals surface area contributed by atoms with Crippen molar-refractivity contribution in [2.24, 2.45) is 16.0 Å². The summed E-state index contributed by atoms with van der Waals surface area (Å²) in [5.74, 6) is 0. The van der Waals surface area contributed by atoms with E-state index >= 15 is 0 Å². The first-order chi connectivity index (χ1) is 4.24. The minimum absolute atomic E-state index is 0. The number of rotatable bonds is 0. The van der Waals surface area contributed by atoms with Gasteiger partial charge in [-0.15, -0.1) is 16.0 Å². The molecular weight excluding hydrogens is 231 g/mol. The minimum Gasteiger partial charge on any atom is -0.444 e. The molecule has 9 nitrogen and oxygen atoms in total. The third kappa shape index (κ3) is 218. The first-order valence-electron chi connectivity index (χ1n) is 1.10. The van der Waals surface area contributed by atoms with Gasteiger partial charge in [0, 0.05) is 0 Å². The monoisotopic (exact) mass is 231 g/mol. The second-order valence-corrected chi connectivity index (χ2v) is 0.224. The third-order valence-electron chi connectivity index (χ3n) is 0. The van der Waals surface area contributed by atoms with Crippen molar-refractivity contribution in [1.82, 2.24) is 0 Å². The van der Waals surface area contributed by atoms with Gasteiger partial charge in [0.15, 0.2) is 0 Å². The van der Waals surface area contributed by atoms with Crippen molar-refractivity contribution < 1.29 is 22.4 Å². The summed E-state index contributed by atoms with van der Waals surface area (Å²) in [5, 5.41) is 27.0. The molecule has 0 N–H and O–H groups in total. The van der Waals surface area contributed by atoms with Crippen LogP contribution in [-0.2, 0) is 22.4 Å². The van der Waals surface area contributed by atoms with E-state index in [-0.39, 0.29) is 22.4 Å². The van der Waals surface area contributed by atoms with Crippen molar-refractivity contribution in [3.63, 3.8) is 0 Å². The summed E-state index contributed by atoms with van der Waals surface area (Å²) in [6.45, 7) is 0. The van der Waals surface area contributed by atoms with Gasteiger partial charge in [-0.25, -0.2) is 0 Å². The summed E-state index contributed by atoms with van der Waals surface area (Å²) >= 11 is 0. The third-order valence-corrected chi connectivity index (χ3v) is 0. The topological polar surface area (TPSA) is 157 Å². The van der Waals surface area contributed by atoms with Crippen LogP contribution in [-0.4, -0.2) is 0 Å². The van der Waals surface area contributed by atoms with Crippen LogP contribution in [0.5, 0.6) is 0 Å². The molecule has 0 saturated heterocycles. The molecule has 10 heteroatoms.